The average Bonchev–Trinajstić information content (AvgIpc) is 3.68. The molecular formula is C30H35ClN6O9S2. The molecule has 2 saturated heterocycles. The number of aromatic amines is 1. The normalized spacial score (nSPS) is 21.1. The second kappa shape index (κ2) is 14.1. The first kappa shape index (κ1) is 34.3. The van der Waals surface area contributed by atoms with Gasteiger partial charge in [0.15, 0.2) is 5.01 Å². The third-order valence-corrected chi connectivity index (χ3v) is 11.5. The highest BCUT2D eigenvalue weighted by atomic mass is 35.5. The number of piperazine rings is 1. The first-order chi connectivity index (χ1) is 22.9. The number of rotatable bonds is 8. The van der Waals surface area contributed by atoms with E-state index in [2.05, 4.69) is 15.3 Å². The summed E-state index contributed by atoms with van der Waals surface area (Å²) in [5.41, 5.74) is 1.17. The molecule has 15 nitrogen and oxygen atoms in total. The van der Waals surface area contributed by atoms with E-state index >= 15 is 0 Å². The quantitative estimate of drug-likeness (QED) is 0.254. The highest BCUT2D eigenvalue weighted by Crippen LogP contribution is 2.30. The van der Waals surface area contributed by atoms with Crippen molar-refractivity contribution >= 4 is 67.6 Å². The monoisotopic (exact) mass is 722 g/mol. The van der Waals surface area contributed by atoms with Crippen molar-refractivity contribution in [2.24, 2.45) is 0 Å². The summed E-state index contributed by atoms with van der Waals surface area (Å²) in [5, 5.41) is 4.36. The summed E-state index contributed by atoms with van der Waals surface area (Å²) in [4.78, 5) is 62.7. The van der Waals surface area contributed by atoms with Crippen molar-refractivity contribution in [3.8, 4) is 0 Å². The molecule has 0 aliphatic carbocycles. The van der Waals surface area contributed by atoms with Crippen LogP contribution in [0.2, 0.25) is 5.02 Å². The molecule has 258 valence electrons. The number of benzene rings is 1. The molecule has 2 aromatic heterocycles. The van der Waals surface area contributed by atoms with Crippen molar-refractivity contribution in [2.45, 2.75) is 56.6 Å². The third-order valence-electron chi connectivity index (χ3n) is 8.42. The van der Waals surface area contributed by atoms with Gasteiger partial charge in [0.05, 0.1) is 24.9 Å². The molecule has 2 amide bonds. The average molecular weight is 723 g/mol. The maximum atomic E-state index is 14.0. The Kier molecular flexibility index (Phi) is 10.1. The zero-order chi connectivity index (χ0) is 34.2. The van der Waals surface area contributed by atoms with Gasteiger partial charge in [0, 0.05) is 86.8 Å². The number of ether oxygens (including phenoxy) is 3. The Labute approximate surface area is 285 Å². The summed E-state index contributed by atoms with van der Waals surface area (Å²) in [7, 11) is -4.02. The zero-order valence-corrected chi connectivity index (χ0v) is 28.7. The number of carbonyl (C=O) groups is 4. The van der Waals surface area contributed by atoms with Crippen LogP contribution in [0.3, 0.4) is 0 Å². The number of sulfonamides is 1. The largest absolute Gasteiger partial charge is 0.426 e. The van der Waals surface area contributed by atoms with Crippen molar-refractivity contribution in [1.29, 1.82) is 0 Å². The van der Waals surface area contributed by atoms with Crippen LogP contribution < -0.4 is 5.32 Å². The zero-order valence-electron chi connectivity index (χ0n) is 26.3. The SMILES string of the molecule is CC(=O)OC(C)OC(=O)C1Cc2nc(C(=O)N3CCN(S(=O)(=O)c4cc5cc(Cl)ccc5[nH]4)CC3CC(=O)N3CCOCC3)sc2CN1. The van der Waals surface area contributed by atoms with Crippen molar-refractivity contribution in [1.82, 2.24) is 29.4 Å². The first-order valence-corrected chi connectivity index (χ1v) is 18.1. The standard InChI is InChI=1S/C30H35ClN6O9S2/c1-17(38)45-18(2)46-30(41)24-14-23-25(15-32-24)47-28(34-23)29(40)37-6-5-36(16-21(37)13-27(39)35-7-9-44-10-8-35)48(42,43)26-12-19-11-20(31)3-4-22(19)33-26/h3-4,11-12,18,21,24,32-33H,5-10,13-16H2,1-2H3. The highest BCUT2D eigenvalue weighted by molar-refractivity contribution is 7.89. The maximum absolute atomic E-state index is 14.0. The molecule has 18 heteroatoms. The molecule has 0 radical (unpaired) electrons. The lowest BCUT2D eigenvalue weighted by Gasteiger charge is -2.41. The Bertz CT molecular complexity index is 1840. The summed E-state index contributed by atoms with van der Waals surface area (Å²) in [6.07, 6.45) is -0.980. The van der Waals surface area contributed by atoms with E-state index in [0.29, 0.717) is 47.9 Å². The van der Waals surface area contributed by atoms with Gasteiger partial charge in [0.1, 0.15) is 11.1 Å². The second-order valence-electron chi connectivity index (χ2n) is 11.7. The van der Waals surface area contributed by atoms with Gasteiger partial charge in [0.2, 0.25) is 12.2 Å². The number of halogens is 1. The number of hydrogen-bond acceptors (Lipinski definition) is 12. The van der Waals surface area contributed by atoms with Crippen LogP contribution in [0.5, 0.6) is 0 Å². The van der Waals surface area contributed by atoms with Gasteiger partial charge in [-0.25, -0.2) is 13.4 Å². The van der Waals surface area contributed by atoms with Gasteiger partial charge >= 0.3 is 11.9 Å². The molecule has 3 atom stereocenters. The minimum Gasteiger partial charge on any atom is -0.426 e. The predicted molar refractivity (Wildman–Crippen MR) is 173 cm³/mol. The summed E-state index contributed by atoms with van der Waals surface area (Å²) >= 11 is 7.29. The van der Waals surface area contributed by atoms with Crippen molar-refractivity contribution in [2.75, 3.05) is 45.9 Å². The first-order valence-electron chi connectivity index (χ1n) is 15.4. The Hall–Kier alpha value is -3.61. The van der Waals surface area contributed by atoms with Crippen LogP contribution in [-0.4, -0.2) is 121 Å². The fourth-order valence-corrected chi connectivity index (χ4v) is 8.69. The van der Waals surface area contributed by atoms with E-state index in [0.717, 1.165) is 4.88 Å². The number of fused-ring (bicyclic) bond motifs is 2. The van der Waals surface area contributed by atoms with Gasteiger partial charge in [-0.05, 0) is 24.3 Å². The van der Waals surface area contributed by atoms with Crippen LogP contribution in [0, 0.1) is 0 Å². The van der Waals surface area contributed by atoms with E-state index in [4.69, 9.17) is 25.8 Å². The van der Waals surface area contributed by atoms with E-state index in [-0.39, 0.29) is 55.0 Å². The van der Waals surface area contributed by atoms with Gasteiger partial charge in [-0.3, -0.25) is 24.5 Å². The molecule has 48 heavy (non-hydrogen) atoms. The molecular weight excluding hydrogens is 688 g/mol. The lowest BCUT2D eigenvalue weighted by atomic mass is 10.1. The van der Waals surface area contributed by atoms with Crippen LogP contribution in [0.25, 0.3) is 10.9 Å². The number of esters is 2. The molecule has 2 N–H and O–H groups in total. The molecule has 0 saturated carbocycles. The number of nitrogens with zero attached hydrogens (tertiary/aromatic N) is 4. The molecule has 6 rings (SSSR count). The summed E-state index contributed by atoms with van der Waals surface area (Å²) in [5.74, 6) is -1.82. The molecule has 1 aromatic carbocycles. The van der Waals surface area contributed by atoms with E-state index in [1.807, 2.05) is 0 Å². The molecule has 3 aliphatic heterocycles. The maximum Gasteiger partial charge on any atom is 0.326 e. The highest BCUT2D eigenvalue weighted by Gasteiger charge is 2.40. The number of amides is 2. The minimum absolute atomic E-state index is 0.00627. The van der Waals surface area contributed by atoms with Gasteiger partial charge in [0.25, 0.3) is 15.9 Å². The fraction of sp³-hybridized carbons (Fsp3) is 0.500. The second-order valence-corrected chi connectivity index (χ2v) is 15.1. The predicted octanol–water partition coefficient (Wildman–Crippen LogP) is 1.51. The molecule has 3 aromatic rings. The molecule has 5 heterocycles. The van der Waals surface area contributed by atoms with Crippen molar-refractivity contribution < 1.29 is 41.8 Å². The Morgan fingerprint density at radius 2 is 1.90 bits per heavy atom. The molecule has 3 unspecified atom stereocenters. The van der Waals surface area contributed by atoms with E-state index < -0.39 is 46.2 Å². The number of aromatic nitrogens is 2. The number of thiazole rings is 1. The minimum atomic E-state index is -4.02. The van der Waals surface area contributed by atoms with Gasteiger partial charge < -0.3 is 29.0 Å². The Balaban J connectivity index is 1.20. The number of hydrogen-bond donors (Lipinski definition) is 2. The summed E-state index contributed by atoms with van der Waals surface area (Å²) in [6.45, 7) is 4.50. The number of H-pyrrole nitrogens is 1. The topological polar surface area (TPSA) is 181 Å². The van der Waals surface area contributed by atoms with E-state index in [1.165, 1.54) is 40.5 Å². The van der Waals surface area contributed by atoms with Crippen molar-refractivity contribution in [3.05, 3.63) is 44.9 Å². The van der Waals surface area contributed by atoms with Crippen LogP contribution in [-0.2, 0) is 51.6 Å². The summed E-state index contributed by atoms with van der Waals surface area (Å²) < 4.78 is 44.4. The van der Waals surface area contributed by atoms with Crippen LogP contribution >= 0.6 is 22.9 Å². The Morgan fingerprint density at radius 1 is 1.12 bits per heavy atom. The molecule has 3 aliphatic rings. The van der Waals surface area contributed by atoms with Crippen LogP contribution in [0.4, 0.5) is 0 Å². The van der Waals surface area contributed by atoms with E-state index in [9.17, 15) is 27.6 Å². The van der Waals surface area contributed by atoms with E-state index in [1.54, 1.807) is 23.1 Å². The third kappa shape index (κ3) is 7.35. The lowest BCUT2D eigenvalue weighted by molar-refractivity contribution is -0.184. The summed E-state index contributed by atoms with van der Waals surface area (Å²) in [6, 6.07) is 5.04. The van der Waals surface area contributed by atoms with Crippen LogP contribution in [0.15, 0.2) is 29.3 Å². The number of morpholine rings is 1. The smallest absolute Gasteiger partial charge is 0.326 e. The van der Waals surface area contributed by atoms with Crippen molar-refractivity contribution in [3.63, 3.8) is 0 Å². The molecule has 0 spiro atoms. The number of carbonyl (C=O) groups excluding carboxylic acids is 4. The van der Waals surface area contributed by atoms with Gasteiger partial charge in [-0.15, -0.1) is 11.3 Å². The number of nitrogens with one attached hydrogen (secondary N) is 2. The lowest BCUT2D eigenvalue weighted by Crippen LogP contribution is -2.58. The van der Waals surface area contributed by atoms with Gasteiger partial charge in [-0.1, -0.05) is 11.6 Å². The molecule has 0 bridgehead atoms. The Morgan fingerprint density at radius 3 is 2.65 bits per heavy atom. The van der Waals surface area contributed by atoms with Crippen LogP contribution in [0.1, 0.15) is 40.6 Å². The fourth-order valence-electron chi connectivity index (χ4n) is 6.03. The van der Waals surface area contributed by atoms with Gasteiger partial charge in [-0.2, -0.15) is 4.31 Å². The molecule has 2 fully saturated rings.